The highest BCUT2D eigenvalue weighted by molar-refractivity contribution is 6.08. The van der Waals surface area contributed by atoms with Crippen LogP contribution in [0.5, 0.6) is 0 Å². The number of aryl methyl sites for hydroxylation is 2. The lowest BCUT2D eigenvalue weighted by Gasteiger charge is -2.36. The van der Waals surface area contributed by atoms with E-state index in [-0.39, 0.29) is 32.0 Å². The molecule has 2 aliphatic rings. The van der Waals surface area contributed by atoms with Gasteiger partial charge in [-0.15, -0.1) is 0 Å². The average molecular weight is 1210 g/mol. The third-order valence-corrected chi connectivity index (χ3v) is 15.2. The van der Waals surface area contributed by atoms with Crippen LogP contribution in [0.4, 0.5) is 27.8 Å². The number of nitrogen functional groups attached to an aromatic ring is 2. The Bertz CT molecular complexity index is 3110. The largest absolute Gasteiger partial charge is 0.481 e. The normalized spacial score (nSPS) is 14.5. The molecule has 2 aromatic carbocycles. The number of piperazine rings is 2. The first-order chi connectivity index (χ1) is 41.8. The van der Waals surface area contributed by atoms with E-state index in [0.29, 0.717) is 51.2 Å². The van der Waals surface area contributed by atoms with Gasteiger partial charge >= 0.3 is 18.0 Å². The Balaban J connectivity index is 0.000000256. The van der Waals surface area contributed by atoms with Crippen molar-refractivity contribution in [2.24, 2.45) is 0 Å². The summed E-state index contributed by atoms with van der Waals surface area (Å²) in [6.07, 6.45) is 9.01. The second-order valence-corrected chi connectivity index (χ2v) is 24.5. The van der Waals surface area contributed by atoms with Crippen molar-refractivity contribution in [2.75, 3.05) is 153 Å². The Morgan fingerprint density at radius 1 is 0.552 bits per heavy atom. The summed E-state index contributed by atoms with van der Waals surface area (Å²) in [7, 11) is 0. The number of imidazole rings is 2. The van der Waals surface area contributed by atoms with Gasteiger partial charge in [0.1, 0.15) is 56.6 Å². The van der Waals surface area contributed by atoms with E-state index in [9.17, 15) is 14.4 Å². The summed E-state index contributed by atoms with van der Waals surface area (Å²) in [5.41, 5.74) is 18.9. The number of aromatic amines is 2. The van der Waals surface area contributed by atoms with Crippen molar-refractivity contribution in [3.8, 4) is 0 Å². The molecule has 23 heteroatoms. The van der Waals surface area contributed by atoms with Crippen LogP contribution in [0.3, 0.4) is 0 Å². The molecule has 7 N–H and O–H groups in total. The number of carboxylic acids is 1. The number of esters is 1. The molecule has 0 unspecified atom stereocenters. The number of nitrogens with two attached hydrogens (primary N) is 2. The van der Waals surface area contributed by atoms with Crippen molar-refractivity contribution in [3.05, 3.63) is 48.0 Å². The summed E-state index contributed by atoms with van der Waals surface area (Å²) in [4.78, 5) is 72.3. The van der Waals surface area contributed by atoms with E-state index in [1.165, 1.54) is 5.69 Å². The zero-order valence-electron chi connectivity index (χ0n) is 53.2. The molecule has 6 heterocycles. The number of anilines is 4. The molecule has 8 rings (SSSR count). The summed E-state index contributed by atoms with van der Waals surface area (Å²) in [5, 5.41) is 10.6. The molecule has 4 aromatic heterocycles. The Morgan fingerprint density at radius 3 is 1.44 bits per heavy atom. The van der Waals surface area contributed by atoms with Gasteiger partial charge in [0.2, 0.25) is 0 Å². The number of carboxylic acid groups (broad SMARTS) is 1. The summed E-state index contributed by atoms with van der Waals surface area (Å²) in [6, 6.07) is 12.8. The number of carbonyl (C=O) groups is 3. The topological polar surface area (TPSA) is 278 Å². The average Bonchev–Trinajstić information content (AvgIpc) is 1.87. The molecule has 0 atom stereocenters. The number of carbonyl (C=O) groups excluding carboxylic acids is 2. The first-order valence-corrected chi connectivity index (χ1v) is 31.6. The van der Waals surface area contributed by atoms with Crippen molar-refractivity contribution in [1.29, 1.82) is 0 Å². The van der Waals surface area contributed by atoms with Crippen LogP contribution in [0.2, 0.25) is 0 Å². The summed E-state index contributed by atoms with van der Waals surface area (Å²) in [6.45, 7) is 29.3. The predicted molar refractivity (Wildman–Crippen MR) is 344 cm³/mol. The lowest BCUT2D eigenvalue weighted by molar-refractivity contribution is -0.156. The predicted octanol–water partition coefficient (Wildman–Crippen LogP) is 9.00. The molecule has 0 radical (unpaired) electrons. The number of fused-ring (bicyclic) bond motifs is 6. The number of ether oxygens (including phenoxy) is 6. The van der Waals surface area contributed by atoms with Crippen molar-refractivity contribution >= 4 is 84.9 Å². The van der Waals surface area contributed by atoms with E-state index in [0.717, 1.165) is 198 Å². The number of hydrogen-bond acceptors (Lipinski definition) is 19. The maximum atomic E-state index is 12.8. The zero-order valence-corrected chi connectivity index (χ0v) is 53.2. The number of pyridine rings is 2. The minimum atomic E-state index is -0.816. The Labute approximate surface area is 513 Å². The third-order valence-electron chi connectivity index (χ3n) is 15.2. The fourth-order valence-electron chi connectivity index (χ4n) is 10.4. The van der Waals surface area contributed by atoms with Crippen LogP contribution < -0.4 is 21.3 Å². The number of amides is 1. The number of hydrogen-bond donors (Lipinski definition) is 5. The number of H-pyrrole nitrogens is 2. The monoisotopic (exact) mass is 1210 g/mol. The van der Waals surface area contributed by atoms with E-state index in [1.807, 2.05) is 47.6 Å². The van der Waals surface area contributed by atoms with Crippen LogP contribution in [-0.4, -0.2) is 210 Å². The van der Waals surface area contributed by atoms with E-state index >= 15 is 0 Å². The molecule has 6 aromatic rings. The van der Waals surface area contributed by atoms with Crippen LogP contribution in [0, 0.1) is 0 Å². The Hall–Kier alpha value is -6.63. The van der Waals surface area contributed by atoms with E-state index in [1.54, 1.807) is 4.90 Å². The smallest absolute Gasteiger partial charge is 0.410 e. The van der Waals surface area contributed by atoms with Crippen molar-refractivity contribution in [2.45, 2.75) is 137 Å². The van der Waals surface area contributed by atoms with Crippen molar-refractivity contribution < 1.29 is 47.9 Å². The van der Waals surface area contributed by atoms with Gasteiger partial charge in [-0.25, -0.2) is 24.7 Å². The first-order valence-electron chi connectivity index (χ1n) is 31.6. The molecule has 480 valence electrons. The lowest BCUT2D eigenvalue weighted by Crippen LogP contribution is -2.47. The van der Waals surface area contributed by atoms with Gasteiger partial charge in [0.15, 0.2) is 0 Å². The van der Waals surface area contributed by atoms with Gasteiger partial charge in [0.25, 0.3) is 0 Å². The standard InChI is InChI=1S/C36H57N7O6.C28H42N6O4/c1-8-9-10-29-39-31-27-25-26(11-12-28(27)38-33(37)32(31)40-29)42-16-14-41(15-17-42)18-22-47-24-20-43(34(45)49-36(5,6)7)19-23-46-21-13-30(44)48-35(2,3)4;1-2-3-7-24-31-26-22-20-21(8-9-23(22)30-28(29)27(26)32-24)34-13-11-33(12-14-34)15-19-38-17-6-4-5-16-37-18-10-25(35)36/h11-12,25H,8-10,13-24H2,1-7H3,(H2,37,38)(H,39,40);8-9,20H,2-7,10-19H2,1H3,(H2,29,30)(H,31,32)(H,35,36). The SMILES string of the molecule is CCCCc1nc2c([nH]1)c(N)nc1ccc(N3CCN(CCOCCCCCOCCC(=O)O)CC3)cc12.CCCCc1nc2c([nH]1)c(N)nc1ccc(N3CCN(CCOCCN(CCOCCC(=O)OC(C)(C)C)C(=O)OC(C)(C)C)CC3)cc12. The van der Waals surface area contributed by atoms with Gasteiger partial charge in [-0.1, -0.05) is 26.7 Å². The van der Waals surface area contributed by atoms with Crippen LogP contribution in [-0.2, 0) is 50.9 Å². The minimum absolute atomic E-state index is 0.0706. The molecule has 2 fully saturated rings. The third kappa shape index (κ3) is 21.9. The van der Waals surface area contributed by atoms with E-state index < -0.39 is 23.3 Å². The Kier molecular flexibility index (Phi) is 26.2. The first kappa shape index (κ1) is 67.9. The fraction of sp³-hybridized carbons (Fsp3) is 0.641. The Morgan fingerprint density at radius 2 is 0.989 bits per heavy atom. The van der Waals surface area contributed by atoms with Gasteiger partial charge < -0.3 is 69.7 Å². The number of nitrogens with zero attached hydrogens (tertiary/aromatic N) is 9. The van der Waals surface area contributed by atoms with Crippen LogP contribution >= 0.6 is 0 Å². The number of aromatic nitrogens is 6. The molecule has 0 spiro atoms. The molecule has 1 amide bonds. The zero-order chi connectivity index (χ0) is 62.3. The molecule has 0 bridgehead atoms. The molecule has 0 saturated carbocycles. The van der Waals surface area contributed by atoms with Crippen molar-refractivity contribution in [3.63, 3.8) is 0 Å². The van der Waals surface area contributed by atoms with Gasteiger partial charge in [-0.05, 0) is 110 Å². The minimum Gasteiger partial charge on any atom is -0.481 e. The number of nitrogens with one attached hydrogen (secondary N) is 2. The molecule has 2 aliphatic heterocycles. The molecule has 87 heavy (non-hydrogen) atoms. The molecule has 0 aliphatic carbocycles. The van der Waals surface area contributed by atoms with Crippen LogP contribution in [0.1, 0.15) is 125 Å². The summed E-state index contributed by atoms with van der Waals surface area (Å²) >= 11 is 0. The maximum absolute atomic E-state index is 12.8. The van der Waals surface area contributed by atoms with Gasteiger partial charge in [-0.2, -0.15) is 0 Å². The van der Waals surface area contributed by atoms with Gasteiger partial charge in [0, 0.05) is 127 Å². The van der Waals surface area contributed by atoms with Gasteiger partial charge in [0.05, 0.1) is 63.5 Å². The molecular formula is C64H99N13O10. The summed E-state index contributed by atoms with van der Waals surface area (Å²) < 4.78 is 33.6. The van der Waals surface area contributed by atoms with Crippen LogP contribution in [0.25, 0.3) is 43.9 Å². The fourth-order valence-corrected chi connectivity index (χ4v) is 10.4. The highest BCUT2D eigenvalue weighted by atomic mass is 16.6. The molecular weight excluding hydrogens is 1110 g/mol. The lowest BCUT2D eigenvalue weighted by atomic mass is 10.1. The van der Waals surface area contributed by atoms with E-state index in [2.05, 4.69) is 83.7 Å². The maximum Gasteiger partial charge on any atom is 0.410 e. The number of aliphatic carboxylic acids is 1. The van der Waals surface area contributed by atoms with Gasteiger partial charge in [-0.3, -0.25) is 19.4 Å². The molecule has 2 saturated heterocycles. The molecule has 23 nitrogen and oxygen atoms in total. The highest BCUT2D eigenvalue weighted by Gasteiger charge is 2.25. The quantitative estimate of drug-likeness (QED) is 0.0195. The second kappa shape index (κ2) is 33.6. The van der Waals surface area contributed by atoms with Crippen LogP contribution in [0.15, 0.2) is 36.4 Å². The number of rotatable bonds is 32. The summed E-state index contributed by atoms with van der Waals surface area (Å²) in [5.74, 6) is 1.80. The van der Waals surface area contributed by atoms with Crippen molar-refractivity contribution in [1.82, 2.24) is 44.6 Å². The second-order valence-electron chi connectivity index (χ2n) is 24.5. The highest BCUT2D eigenvalue weighted by Crippen LogP contribution is 2.32. The number of benzene rings is 2. The van der Waals surface area contributed by atoms with E-state index in [4.69, 9.17) is 55.0 Å². The number of unbranched alkanes of at least 4 members (excludes halogenated alkanes) is 4.